The molecule has 0 unspecified atom stereocenters. The number of hydrogen-bond donors (Lipinski definition) is 5. The molecular weight excluding hydrogens is 344 g/mol. The minimum Gasteiger partial charge on any atom is -0.355 e. The molecule has 0 aliphatic heterocycles. The molecule has 0 aliphatic rings. The maximum atomic E-state index is 11.7. The van der Waals surface area contributed by atoms with Gasteiger partial charge in [-0.05, 0) is 25.9 Å². The number of unbranched alkanes of at least 4 members (excludes halogenated alkanes) is 3. The van der Waals surface area contributed by atoms with Crippen LogP contribution in [-0.2, 0) is 9.59 Å². The average molecular weight is 379 g/mol. The zero-order valence-corrected chi connectivity index (χ0v) is 16.4. The second kappa shape index (κ2) is 17.4. The van der Waals surface area contributed by atoms with Gasteiger partial charge in [0, 0.05) is 50.5 Å². The number of rotatable bonds is 16. The van der Waals surface area contributed by atoms with E-state index in [1.54, 1.807) is 0 Å². The Kier molecular flexibility index (Phi) is 17.1. The molecule has 24 heavy (non-hydrogen) atoms. The topological polar surface area (TPSA) is 87.5 Å². The number of amides is 2. The molecule has 0 rings (SSSR count). The van der Waals surface area contributed by atoms with Gasteiger partial charge in [-0.3, -0.25) is 9.59 Å². The first-order valence-electron chi connectivity index (χ1n) is 8.81. The van der Waals surface area contributed by atoms with E-state index in [4.69, 9.17) is 5.73 Å². The summed E-state index contributed by atoms with van der Waals surface area (Å²) in [5.74, 6) is 1.36. The first kappa shape index (κ1) is 23.6. The van der Waals surface area contributed by atoms with Crippen molar-refractivity contribution in [2.75, 3.05) is 50.8 Å². The number of thiol groups is 2. The van der Waals surface area contributed by atoms with Crippen molar-refractivity contribution in [3.8, 4) is 0 Å². The highest BCUT2D eigenvalue weighted by molar-refractivity contribution is 7.80. The van der Waals surface area contributed by atoms with Crippen LogP contribution in [0.25, 0.3) is 0 Å². The number of carbonyl (C=O) groups excluding carboxylic acids is 2. The van der Waals surface area contributed by atoms with Gasteiger partial charge in [-0.25, -0.2) is 0 Å². The third-order valence-corrected chi connectivity index (χ3v) is 4.05. The van der Waals surface area contributed by atoms with Crippen molar-refractivity contribution in [3.63, 3.8) is 0 Å². The Bertz CT molecular complexity index is 309. The molecule has 0 saturated carbocycles. The first-order valence-corrected chi connectivity index (χ1v) is 10.1. The fourth-order valence-corrected chi connectivity index (χ4v) is 2.48. The van der Waals surface area contributed by atoms with Crippen LogP contribution in [0.15, 0.2) is 0 Å². The molecule has 0 aromatic rings. The highest BCUT2D eigenvalue weighted by Crippen LogP contribution is 2.03. The minimum absolute atomic E-state index is 0.0386. The lowest BCUT2D eigenvalue weighted by atomic mass is 10.2. The number of hydrogen-bond acceptors (Lipinski definition) is 6. The van der Waals surface area contributed by atoms with Crippen LogP contribution in [0.4, 0.5) is 0 Å². The van der Waals surface area contributed by atoms with E-state index in [1.807, 2.05) is 0 Å². The van der Waals surface area contributed by atoms with Gasteiger partial charge in [0.05, 0.1) is 0 Å². The molecule has 0 atom stereocenters. The Morgan fingerprint density at radius 3 is 1.75 bits per heavy atom. The number of nitrogens with two attached hydrogens (primary N) is 1. The lowest BCUT2D eigenvalue weighted by Crippen LogP contribution is -2.35. The van der Waals surface area contributed by atoms with Crippen molar-refractivity contribution >= 4 is 37.1 Å². The van der Waals surface area contributed by atoms with E-state index in [9.17, 15) is 9.59 Å². The molecule has 8 heteroatoms. The van der Waals surface area contributed by atoms with Crippen LogP contribution < -0.4 is 16.4 Å². The predicted molar refractivity (Wildman–Crippen MR) is 107 cm³/mol. The van der Waals surface area contributed by atoms with E-state index in [0.717, 1.165) is 38.8 Å². The molecule has 0 radical (unpaired) electrons. The van der Waals surface area contributed by atoms with Gasteiger partial charge in [-0.2, -0.15) is 25.3 Å². The summed E-state index contributed by atoms with van der Waals surface area (Å²) in [7, 11) is 0. The second-order valence-corrected chi connectivity index (χ2v) is 6.59. The monoisotopic (exact) mass is 378 g/mol. The van der Waals surface area contributed by atoms with E-state index >= 15 is 0 Å². The smallest absolute Gasteiger partial charge is 0.221 e. The van der Waals surface area contributed by atoms with Crippen LogP contribution in [0, 0.1) is 0 Å². The normalized spacial score (nSPS) is 10.8. The van der Waals surface area contributed by atoms with Gasteiger partial charge in [-0.1, -0.05) is 12.8 Å². The van der Waals surface area contributed by atoms with Gasteiger partial charge in [0.25, 0.3) is 0 Å². The lowest BCUT2D eigenvalue weighted by molar-refractivity contribution is -0.121. The van der Waals surface area contributed by atoms with E-state index in [1.165, 1.54) is 0 Å². The van der Waals surface area contributed by atoms with Gasteiger partial charge in [0.15, 0.2) is 0 Å². The van der Waals surface area contributed by atoms with E-state index in [0.29, 0.717) is 50.5 Å². The first-order chi connectivity index (χ1) is 11.6. The van der Waals surface area contributed by atoms with Gasteiger partial charge in [0.1, 0.15) is 0 Å². The van der Waals surface area contributed by atoms with Gasteiger partial charge < -0.3 is 21.3 Å². The molecule has 2 amide bonds. The fraction of sp³-hybridized carbons (Fsp3) is 0.875. The molecule has 0 spiro atoms. The quantitative estimate of drug-likeness (QED) is 0.202. The highest BCUT2D eigenvalue weighted by Gasteiger charge is 2.10. The standard InChI is InChI=1S/C16H34N4O2S2/c17-7-3-1-2-4-10-20(11-5-15(21)18-8-13-23)12-6-16(22)19-9-14-24/h23-24H,1-14,17H2,(H,18,21)(H,19,22). The van der Waals surface area contributed by atoms with Crippen LogP contribution in [0.3, 0.4) is 0 Å². The molecule has 0 saturated heterocycles. The van der Waals surface area contributed by atoms with Crippen LogP contribution in [0.5, 0.6) is 0 Å². The van der Waals surface area contributed by atoms with Crippen molar-refractivity contribution in [3.05, 3.63) is 0 Å². The molecule has 0 bridgehead atoms. The number of nitrogens with zero attached hydrogens (tertiary/aromatic N) is 1. The van der Waals surface area contributed by atoms with Crippen molar-refractivity contribution in [2.45, 2.75) is 38.5 Å². The highest BCUT2D eigenvalue weighted by atomic mass is 32.1. The van der Waals surface area contributed by atoms with Crippen molar-refractivity contribution in [1.29, 1.82) is 0 Å². The van der Waals surface area contributed by atoms with Gasteiger partial charge in [-0.15, -0.1) is 0 Å². The van der Waals surface area contributed by atoms with Crippen LogP contribution >= 0.6 is 25.3 Å². The zero-order valence-electron chi connectivity index (χ0n) is 14.6. The summed E-state index contributed by atoms with van der Waals surface area (Å²) in [4.78, 5) is 25.7. The van der Waals surface area contributed by atoms with Gasteiger partial charge in [0.2, 0.25) is 11.8 Å². The zero-order chi connectivity index (χ0) is 18.0. The summed E-state index contributed by atoms with van der Waals surface area (Å²) in [5, 5.41) is 5.64. The molecular formula is C16H34N4O2S2. The average Bonchev–Trinajstić information content (AvgIpc) is 2.59. The Balaban J connectivity index is 4.12. The maximum absolute atomic E-state index is 11.7. The van der Waals surface area contributed by atoms with Crippen LogP contribution in [-0.4, -0.2) is 67.5 Å². The molecule has 0 aromatic heterocycles. The number of carbonyl (C=O) groups is 2. The third-order valence-electron chi connectivity index (χ3n) is 3.61. The lowest BCUT2D eigenvalue weighted by Gasteiger charge is -2.22. The van der Waals surface area contributed by atoms with E-state index < -0.39 is 0 Å². The Hall–Kier alpha value is -0.440. The summed E-state index contributed by atoms with van der Waals surface area (Å²) >= 11 is 8.16. The van der Waals surface area contributed by atoms with Crippen molar-refractivity contribution in [2.24, 2.45) is 5.73 Å². The summed E-state index contributed by atoms with van der Waals surface area (Å²) < 4.78 is 0. The van der Waals surface area contributed by atoms with Crippen molar-refractivity contribution < 1.29 is 9.59 Å². The third kappa shape index (κ3) is 15.1. The largest absolute Gasteiger partial charge is 0.355 e. The molecule has 0 fully saturated rings. The fourth-order valence-electron chi connectivity index (χ4n) is 2.26. The SMILES string of the molecule is NCCCCCCN(CCC(=O)NCCS)CCC(=O)NCCS. The number of nitrogens with one attached hydrogen (secondary N) is 2. The molecule has 0 aliphatic carbocycles. The van der Waals surface area contributed by atoms with E-state index in [-0.39, 0.29) is 11.8 Å². The molecule has 4 N–H and O–H groups in total. The molecule has 142 valence electrons. The second-order valence-electron chi connectivity index (χ2n) is 5.69. The summed E-state index contributed by atoms with van der Waals surface area (Å²) in [6, 6.07) is 0. The predicted octanol–water partition coefficient (Wildman–Crippen LogP) is 0.680. The van der Waals surface area contributed by atoms with Crippen LogP contribution in [0.1, 0.15) is 38.5 Å². The maximum Gasteiger partial charge on any atom is 0.221 e. The Labute approximate surface area is 157 Å². The summed E-state index contributed by atoms with van der Waals surface area (Å²) in [5.41, 5.74) is 5.50. The van der Waals surface area contributed by atoms with Crippen LogP contribution in [0.2, 0.25) is 0 Å². The van der Waals surface area contributed by atoms with Gasteiger partial charge >= 0.3 is 0 Å². The summed E-state index contributed by atoms with van der Waals surface area (Å²) in [6.45, 7) is 4.18. The molecule has 0 heterocycles. The Morgan fingerprint density at radius 2 is 1.29 bits per heavy atom. The Morgan fingerprint density at radius 1 is 0.792 bits per heavy atom. The minimum atomic E-state index is 0.0386. The molecule has 6 nitrogen and oxygen atoms in total. The van der Waals surface area contributed by atoms with E-state index in [2.05, 4.69) is 40.8 Å². The summed E-state index contributed by atoms with van der Waals surface area (Å²) in [6.07, 6.45) is 5.29. The molecule has 0 aromatic carbocycles. The van der Waals surface area contributed by atoms with Crippen molar-refractivity contribution in [1.82, 2.24) is 15.5 Å².